The molecule has 1 saturated carbocycles. The van der Waals surface area contributed by atoms with Gasteiger partial charge in [-0.15, -0.1) is 0 Å². The van der Waals surface area contributed by atoms with Gasteiger partial charge in [0.2, 0.25) is 5.91 Å². The summed E-state index contributed by atoms with van der Waals surface area (Å²) in [6.45, 7) is 4.20. The molecule has 1 amide bonds. The molecule has 1 aliphatic carbocycles. The van der Waals surface area contributed by atoms with Crippen molar-refractivity contribution < 1.29 is 9.53 Å². The molecule has 2 fully saturated rings. The summed E-state index contributed by atoms with van der Waals surface area (Å²) < 4.78 is 5.25. The number of ether oxygens (including phenoxy) is 1. The van der Waals surface area contributed by atoms with Crippen LogP contribution < -0.4 is 11.1 Å². The molecule has 1 heterocycles. The minimum atomic E-state index is -0.697. The molecule has 98 valence electrons. The van der Waals surface area contributed by atoms with Crippen LogP contribution in [0.25, 0.3) is 0 Å². The molecule has 3 N–H and O–H groups in total. The van der Waals surface area contributed by atoms with Gasteiger partial charge in [0.15, 0.2) is 0 Å². The highest BCUT2D eigenvalue weighted by Crippen LogP contribution is 2.43. The van der Waals surface area contributed by atoms with Gasteiger partial charge in [0.1, 0.15) is 0 Å². The predicted octanol–water partition coefficient (Wildman–Crippen LogP) is 1.19. The van der Waals surface area contributed by atoms with E-state index in [4.69, 9.17) is 10.5 Å². The van der Waals surface area contributed by atoms with Gasteiger partial charge < -0.3 is 15.8 Å². The van der Waals surface area contributed by atoms with Crippen molar-refractivity contribution in [1.82, 2.24) is 5.32 Å². The van der Waals surface area contributed by atoms with E-state index < -0.39 is 5.54 Å². The maximum Gasteiger partial charge on any atom is 0.240 e. The van der Waals surface area contributed by atoms with Crippen molar-refractivity contribution in [2.24, 2.45) is 11.1 Å². The van der Waals surface area contributed by atoms with Crippen molar-refractivity contribution in [1.29, 1.82) is 0 Å². The van der Waals surface area contributed by atoms with E-state index in [1.165, 1.54) is 19.3 Å². The SMILES string of the molecule is CCC1(CNC(=O)C2(N)CCOCC2)CCC1. The van der Waals surface area contributed by atoms with E-state index in [1.807, 2.05) is 0 Å². The Labute approximate surface area is 103 Å². The van der Waals surface area contributed by atoms with Gasteiger partial charge in [-0.25, -0.2) is 0 Å². The van der Waals surface area contributed by atoms with Crippen molar-refractivity contribution >= 4 is 5.91 Å². The lowest BCUT2D eigenvalue weighted by Gasteiger charge is -2.42. The van der Waals surface area contributed by atoms with Crippen LogP contribution in [0, 0.1) is 5.41 Å². The molecule has 0 radical (unpaired) electrons. The Kier molecular flexibility index (Phi) is 3.73. The Morgan fingerprint density at radius 3 is 2.41 bits per heavy atom. The Bertz CT molecular complexity index is 276. The second-order valence-corrected chi connectivity index (χ2v) is 5.66. The zero-order valence-corrected chi connectivity index (χ0v) is 10.8. The van der Waals surface area contributed by atoms with Crippen LogP contribution in [0.3, 0.4) is 0 Å². The third-order valence-electron chi connectivity index (χ3n) is 4.63. The topological polar surface area (TPSA) is 64.4 Å². The fourth-order valence-corrected chi connectivity index (χ4v) is 2.74. The standard InChI is InChI=1S/C13H24N2O2/c1-2-12(4-3-5-12)10-15-11(16)13(14)6-8-17-9-7-13/h2-10,14H2,1H3,(H,15,16). The van der Waals surface area contributed by atoms with Gasteiger partial charge in [0.05, 0.1) is 5.54 Å². The first-order valence-electron chi connectivity index (χ1n) is 6.75. The average Bonchev–Trinajstić information content (AvgIpc) is 2.29. The maximum atomic E-state index is 12.1. The van der Waals surface area contributed by atoms with E-state index in [0.717, 1.165) is 13.0 Å². The van der Waals surface area contributed by atoms with Crippen LogP contribution in [0.1, 0.15) is 45.4 Å². The molecule has 2 rings (SSSR count). The molecular formula is C13H24N2O2. The summed E-state index contributed by atoms with van der Waals surface area (Å²) in [6, 6.07) is 0. The highest BCUT2D eigenvalue weighted by molar-refractivity contribution is 5.86. The lowest BCUT2D eigenvalue weighted by Crippen LogP contribution is -2.58. The van der Waals surface area contributed by atoms with Crippen LogP contribution in [0.4, 0.5) is 0 Å². The smallest absolute Gasteiger partial charge is 0.240 e. The Morgan fingerprint density at radius 2 is 1.94 bits per heavy atom. The minimum absolute atomic E-state index is 0.0144. The molecule has 0 aromatic heterocycles. The highest BCUT2D eigenvalue weighted by Gasteiger charge is 2.39. The van der Waals surface area contributed by atoms with Gasteiger partial charge in [0, 0.05) is 19.8 Å². The van der Waals surface area contributed by atoms with Crippen LogP contribution in [-0.4, -0.2) is 31.2 Å². The van der Waals surface area contributed by atoms with Crippen LogP contribution in [-0.2, 0) is 9.53 Å². The Morgan fingerprint density at radius 1 is 1.29 bits per heavy atom. The van der Waals surface area contributed by atoms with E-state index in [1.54, 1.807) is 0 Å². The highest BCUT2D eigenvalue weighted by atomic mass is 16.5. The summed E-state index contributed by atoms with van der Waals surface area (Å²) in [7, 11) is 0. The van der Waals surface area contributed by atoms with E-state index in [2.05, 4.69) is 12.2 Å². The number of carbonyl (C=O) groups is 1. The molecule has 17 heavy (non-hydrogen) atoms. The molecule has 0 unspecified atom stereocenters. The van der Waals surface area contributed by atoms with Gasteiger partial charge in [-0.05, 0) is 37.5 Å². The van der Waals surface area contributed by atoms with Gasteiger partial charge in [0.25, 0.3) is 0 Å². The predicted molar refractivity (Wildman–Crippen MR) is 66.6 cm³/mol. The van der Waals surface area contributed by atoms with E-state index in [9.17, 15) is 4.79 Å². The Balaban J connectivity index is 1.84. The number of nitrogens with one attached hydrogen (secondary N) is 1. The largest absolute Gasteiger partial charge is 0.381 e. The van der Waals surface area contributed by atoms with E-state index in [0.29, 0.717) is 31.5 Å². The second kappa shape index (κ2) is 4.94. The normalized spacial score (nSPS) is 26.0. The first kappa shape index (κ1) is 12.8. The number of hydrogen-bond donors (Lipinski definition) is 2. The van der Waals surface area contributed by atoms with Gasteiger partial charge in [-0.3, -0.25) is 4.79 Å². The van der Waals surface area contributed by atoms with Gasteiger partial charge in [-0.2, -0.15) is 0 Å². The fraction of sp³-hybridized carbons (Fsp3) is 0.923. The summed E-state index contributed by atoms with van der Waals surface area (Å²) >= 11 is 0. The van der Waals surface area contributed by atoms with Crippen molar-refractivity contribution in [3.8, 4) is 0 Å². The molecule has 1 aliphatic heterocycles. The lowest BCUT2D eigenvalue weighted by molar-refractivity contribution is -0.130. The number of amides is 1. The maximum absolute atomic E-state index is 12.1. The summed E-state index contributed by atoms with van der Waals surface area (Å²) in [5, 5.41) is 3.07. The molecule has 2 aliphatic rings. The molecule has 0 bridgehead atoms. The zero-order chi connectivity index (χ0) is 12.4. The van der Waals surface area contributed by atoms with Crippen LogP contribution in [0.15, 0.2) is 0 Å². The third-order valence-corrected chi connectivity index (χ3v) is 4.63. The van der Waals surface area contributed by atoms with E-state index in [-0.39, 0.29) is 5.91 Å². The van der Waals surface area contributed by atoms with E-state index >= 15 is 0 Å². The third kappa shape index (κ3) is 2.63. The first-order chi connectivity index (χ1) is 8.10. The minimum Gasteiger partial charge on any atom is -0.381 e. The molecule has 0 atom stereocenters. The van der Waals surface area contributed by atoms with Crippen molar-refractivity contribution in [2.45, 2.75) is 51.0 Å². The monoisotopic (exact) mass is 240 g/mol. The number of rotatable bonds is 4. The van der Waals surface area contributed by atoms with Crippen molar-refractivity contribution in [3.63, 3.8) is 0 Å². The van der Waals surface area contributed by atoms with Gasteiger partial charge >= 0.3 is 0 Å². The summed E-state index contributed by atoms with van der Waals surface area (Å²) in [5.74, 6) is 0.0144. The summed E-state index contributed by atoms with van der Waals surface area (Å²) in [5.41, 5.74) is 5.80. The van der Waals surface area contributed by atoms with Crippen molar-refractivity contribution in [2.75, 3.05) is 19.8 Å². The molecule has 1 saturated heterocycles. The zero-order valence-electron chi connectivity index (χ0n) is 10.8. The van der Waals surface area contributed by atoms with Crippen LogP contribution in [0.5, 0.6) is 0 Å². The lowest BCUT2D eigenvalue weighted by atomic mass is 9.67. The Hall–Kier alpha value is -0.610. The molecule has 0 spiro atoms. The summed E-state index contributed by atoms with van der Waals surface area (Å²) in [4.78, 5) is 12.1. The van der Waals surface area contributed by atoms with Gasteiger partial charge in [-0.1, -0.05) is 13.3 Å². The van der Waals surface area contributed by atoms with Crippen LogP contribution in [0.2, 0.25) is 0 Å². The first-order valence-corrected chi connectivity index (χ1v) is 6.75. The number of carbonyl (C=O) groups excluding carboxylic acids is 1. The quantitative estimate of drug-likeness (QED) is 0.776. The molecule has 0 aromatic rings. The fourth-order valence-electron chi connectivity index (χ4n) is 2.74. The molecule has 4 nitrogen and oxygen atoms in total. The molecule has 4 heteroatoms. The van der Waals surface area contributed by atoms with Crippen molar-refractivity contribution in [3.05, 3.63) is 0 Å². The number of hydrogen-bond acceptors (Lipinski definition) is 3. The van der Waals surface area contributed by atoms with Crippen LogP contribution >= 0.6 is 0 Å². The summed E-state index contributed by atoms with van der Waals surface area (Å²) in [6.07, 6.45) is 6.20. The average molecular weight is 240 g/mol. The second-order valence-electron chi connectivity index (χ2n) is 5.66. The molecule has 0 aromatic carbocycles. The molecular weight excluding hydrogens is 216 g/mol. The number of nitrogens with two attached hydrogens (primary N) is 1.